The number of carbonyl (C=O) groups excluding carboxylic acids is 1. The van der Waals surface area contributed by atoms with Gasteiger partial charge in [0.1, 0.15) is 16.7 Å². The zero-order chi connectivity index (χ0) is 25.2. The zero-order valence-electron chi connectivity index (χ0n) is 19.1. The second-order valence-corrected chi connectivity index (χ2v) is 9.01. The van der Waals surface area contributed by atoms with E-state index >= 15 is 0 Å². The van der Waals surface area contributed by atoms with E-state index in [1.165, 1.54) is 28.2 Å². The average molecular weight is 523 g/mol. The maximum atomic E-state index is 13.4. The van der Waals surface area contributed by atoms with E-state index in [4.69, 9.17) is 21.4 Å². The highest BCUT2D eigenvalue weighted by Gasteiger charge is 2.18. The molecule has 36 heavy (non-hydrogen) atoms. The van der Waals surface area contributed by atoms with Gasteiger partial charge < -0.3 is 10.1 Å². The molecule has 0 radical (unpaired) electrons. The van der Waals surface area contributed by atoms with Crippen molar-refractivity contribution >= 4 is 40.7 Å². The molecule has 0 unspecified atom stereocenters. The summed E-state index contributed by atoms with van der Waals surface area (Å²) in [5.41, 5.74) is 4.08. The van der Waals surface area contributed by atoms with Crippen molar-refractivity contribution in [3.8, 4) is 22.7 Å². The Bertz CT molecular complexity index is 1570. The quantitative estimate of drug-likeness (QED) is 0.291. The third-order valence-corrected chi connectivity index (χ3v) is 6.59. The summed E-state index contributed by atoms with van der Waals surface area (Å²) in [7, 11) is 0. The third-order valence-electron chi connectivity index (χ3n) is 5.37. The molecule has 4 aromatic rings. The van der Waals surface area contributed by atoms with E-state index in [1.54, 1.807) is 29.1 Å². The molecule has 1 N–H and O–H groups in total. The van der Waals surface area contributed by atoms with Crippen LogP contribution in [0.15, 0.2) is 70.6 Å². The highest BCUT2D eigenvalue weighted by atomic mass is 35.5. The lowest BCUT2D eigenvalue weighted by atomic mass is 10.1. The molecular weight excluding hydrogens is 503 g/mol. The van der Waals surface area contributed by atoms with Crippen molar-refractivity contribution in [2.45, 2.75) is 6.92 Å². The number of aryl methyl sites for hydroxylation is 1. The molecule has 1 aliphatic rings. The summed E-state index contributed by atoms with van der Waals surface area (Å²) >= 11 is 8.06. The Labute approximate surface area is 214 Å². The normalized spacial score (nSPS) is 13.5. The van der Waals surface area contributed by atoms with Gasteiger partial charge in [-0.1, -0.05) is 17.7 Å². The first-order chi connectivity index (χ1) is 17.4. The molecule has 182 valence electrons. The number of hydrogen-bond acceptors (Lipinski definition) is 6. The molecule has 0 aliphatic carbocycles. The number of nitrogens with zero attached hydrogens (tertiary/aromatic N) is 5. The monoisotopic (exact) mass is 522 g/mol. The molecule has 1 amide bonds. The van der Waals surface area contributed by atoms with Gasteiger partial charge >= 0.3 is 0 Å². The molecule has 1 aliphatic heterocycles. The van der Waals surface area contributed by atoms with Gasteiger partial charge in [-0.25, -0.2) is 13.7 Å². The number of nitrogens with one attached hydrogen (secondary N) is 1. The van der Waals surface area contributed by atoms with E-state index in [1.807, 2.05) is 30.5 Å². The standard InChI is InChI=1S/C25H20ClFN6O2S/c1-3-10-28-25-33(21(14-36-25)16-4-9-22-20(11-16)30-23(34)13-35-22)29-12-19-15(2)31-32(24(19)26)18-7-5-17(27)6-8-18/h3-9,11-12,14H,1,10,13H2,2H3,(H,30,34). The van der Waals surface area contributed by atoms with Crippen LogP contribution in [0.2, 0.25) is 5.15 Å². The fraction of sp³-hybridized carbons (Fsp3) is 0.120. The fourth-order valence-corrected chi connectivity index (χ4v) is 4.80. The molecule has 0 bridgehead atoms. The number of thiazole rings is 1. The van der Waals surface area contributed by atoms with E-state index in [0.29, 0.717) is 44.9 Å². The molecule has 0 saturated heterocycles. The van der Waals surface area contributed by atoms with Crippen molar-refractivity contribution < 1.29 is 13.9 Å². The van der Waals surface area contributed by atoms with Crippen LogP contribution in [-0.4, -0.2) is 39.7 Å². The van der Waals surface area contributed by atoms with Crippen LogP contribution >= 0.6 is 22.9 Å². The van der Waals surface area contributed by atoms with Crippen molar-refractivity contribution in [2.75, 3.05) is 18.5 Å². The molecule has 0 saturated carbocycles. The SMILES string of the molecule is C=CCN=c1scc(-c2ccc3c(c2)NC(=O)CO3)n1N=Cc1c(C)nn(-c2ccc(F)cc2)c1Cl. The topological polar surface area (TPSA) is 85.8 Å². The second kappa shape index (κ2) is 9.92. The molecule has 3 heterocycles. The number of ether oxygens (including phenoxy) is 1. The zero-order valence-corrected chi connectivity index (χ0v) is 20.7. The van der Waals surface area contributed by atoms with Gasteiger partial charge in [0.05, 0.1) is 41.1 Å². The predicted molar refractivity (Wildman–Crippen MR) is 139 cm³/mol. The molecule has 5 rings (SSSR count). The third kappa shape index (κ3) is 4.60. The predicted octanol–water partition coefficient (Wildman–Crippen LogP) is 4.80. The first kappa shape index (κ1) is 23.7. The number of fused-ring (bicyclic) bond motifs is 1. The van der Waals surface area contributed by atoms with Crippen molar-refractivity contribution in [1.82, 2.24) is 14.5 Å². The van der Waals surface area contributed by atoms with Gasteiger partial charge in [0, 0.05) is 10.9 Å². The van der Waals surface area contributed by atoms with Crippen LogP contribution in [0.1, 0.15) is 11.3 Å². The smallest absolute Gasteiger partial charge is 0.262 e. The number of rotatable bonds is 6. The van der Waals surface area contributed by atoms with Gasteiger partial charge in [-0.05, 0) is 49.4 Å². The van der Waals surface area contributed by atoms with Gasteiger partial charge in [0.15, 0.2) is 6.61 Å². The number of aromatic nitrogens is 3. The van der Waals surface area contributed by atoms with Gasteiger partial charge in [0.2, 0.25) is 4.80 Å². The lowest BCUT2D eigenvalue weighted by Crippen LogP contribution is -2.25. The number of carbonyl (C=O) groups is 1. The van der Waals surface area contributed by atoms with Gasteiger partial charge in [0.25, 0.3) is 5.91 Å². The maximum Gasteiger partial charge on any atom is 0.262 e. The number of amides is 1. The number of hydrogen-bond donors (Lipinski definition) is 1. The maximum absolute atomic E-state index is 13.4. The first-order valence-corrected chi connectivity index (χ1v) is 12.1. The second-order valence-electron chi connectivity index (χ2n) is 7.82. The largest absolute Gasteiger partial charge is 0.482 e. The van der Waals surface area contributed by atoms with Gasteiger partial charge in [-0.15, -0.1) is 17.9 Å². The minimum atomic E-state index is -0.342. The lowest BCUT2D eigenvalue weighted by Gasteiger charge is -2.18. The Hall–Kier alpha value is -4.02. The molecule has 2 aromatic heterocycles. The molecule has 0 atom stereocenters. The van der Waals surface area contributed by atoms with Gasteiger partial charge in [-0.3, -0.25) is 9.79 Å². The summed E-state index contributed by atoms with van der Waals surface area (Å²) in [5, 5.41) is 14.3. The first-order valence-electron chi connectivity index (χ1n) is 10.9. The molecule has 0 spiro atoms. The van der Waals surface area contributed by atoms with Crippen molar-refractivity contribution in [1.29, 1.82) is 0 Å². The Kier molecular flexibility index (Phi) is 6.53. The molecule has 8 nitrogen and oxygen atoms in total. The van der Waals surface area contributed by atoms with Crippen LogP contribution in [0.3, 0.4) is 0 Å². The van der Waals surface area contributed by atoms with Crippen LogP contribution in [0.5, 0.6) is 5.75 Å². The van der Waals surface area contributed by atoms with Crippen LogP contribution in [0, 0.1) is 12.7 Å². The number of halogens is 2. The highest BCUT2D eigenvalue weighted by molar-refractivity contribution is 7.07. The summed E-state index contributed by atoms with van der Waals surface area (Å²) in [5.74, 6) is 0.0580. The Balaban J connectivity index is 1.57. The summed E-state index contributed by atoms with van der Waals surface area (Å²) in [4.78, 5) is 17.0. The Morgan fingerprint density at radius 3 is 2.89 bits per heavy atom. The van der Waals surface area contributed by atoms with Crippen LogP contribution in [0.4, 0.5) is 10.1 Å². The molecule has 2 aromatic carbocycles. The number of anilines is 1. The minimum Gasteiger partial charge on any atom is -0.482 e. The van der Waals surface area contributed by atoms with E-state index in [0.717, 1.165) is 11.3 Å². The Morgan fingerprint density at radius 1 is 1.31 bits per heavy atom. The summed E-state index contributed by atoms with van der Waals surface area (Å²) in [6.45, 7) is 5.97. The van der Waals surface area contributed by atoms with E-state index in [9.17, 15) is 9.18 Å². The van der Waals surface area contributed by atoms with E-state index in [2.05, 4.69) is 22.0 Å². The van der Waals surface area contributed by atoms with Crippen LogP contribution in [0.25, 0.3) is 16.9 Å². The lowest BCUT2D eigenvalue weighted by molar-refractivity contribution is -0.118. The van der Waals surface area contributed by atoms with Crippen LogP contribution < -0.4 is 14.9 Å². The minimum absolute atomic E-state index is 0.00854. The van der Waals surface area contributed by atoms with Gasteiger partial charge in [-0.2, -0.15) is 10.2 Å². The number of benzene rings is 2. The summed E-state index contributed by atoms with van der Waals surface area (Å²) < 4.78 is 22.1. The van der Waals surface area contributed by atoms with Crippen molar-refractivity contribution in [3.63, 3.8) is 0 Å². The summed E-state index contributed by atoms with van der Waals surface area (Å²) in [6.07, 6.45) is 3.32. The molecule has 11 heteroatoms. The van der Waals surface area contributed by atoms with Crippen molar-refractivity contribution in [2.24, 2.45) is 10.1 Å². The average Bonchev–Trinajstić information content (AvgIpc) is 3.41. The molecule has 0 fully saturated rings. The van der Waals surface area contributed by atoms with Crippen LogP contribution in [-0.2, 0) is 4.79 Å². The highest BCUT2D eigenvalue weighted by Crippen LogP contribution is 2.33. The Morgan fingerprint density at radius 2 is 2.11 bits per heavy atom. The fourth-order valence-electron chi connectivity index (χ4n) is 3.63. The molecular formula is C25H20ClFN6O2S. The van der Waals surface area contributed by atoms with E-state index < -0.39 is 0 Å². The summed E-state index contributed by atoms with van der Waals surface area (Å²) in [6, 6.07) is 11.4. The van der Waals surface area contributed by atoms with E-state index in [-0.39, 0.29) is 18.3 Å². The van der Waals surface area contributed by atoms with Crippen molar-refractivity contribution in [3.05, 3.63) is 87.5 Å².